The van der Waals surface area contributed by atoms with Crippen LogP contribution in [0, 0.1) is 5.92 Å². The van der Waals surface area contributed by atoms with E-state index in [1.165, 1.54) is 0 Å². The van der Waals surface area contributed by atoms with E-state index in [1.54, 1.807) is 25.7 Å². The summed E-state index contributed by atoms with van der Waals surface area (Å²) in [5.41, 5.74) is 7.03. The molecule has 0 bridgehead atoms. The fourth-order valence-corrected chi connectivity index (χ4v) is 2.30. The van der Waals surface area contributed by atoms with Gasteiger partial charge in [0.05, 0.1) is 5.92 Å². The van der Waals surface area contributed by atoms with Gasteiger partial charge in [-0.15, -0.1) is 0 Å². The number of hydrogen-bond acceptors (Lipinski definition) is 5. The molecule has 2 N–H and O–H groups in total. The van der Waals surface area contributed by atoms with Crippen molar-refractivity contribution in [3.05, 3.63) is 47.4 Å². The molecule has 1 aliphatic rings. The maximum Gasteiger partial charge on any atom is 0.247 e. The first-order valence-corrected chi connectivity index (χ1v) is 6.65. The van der Waals surface area contributed by atoms with Crippen LogP contribution in [0.25, 0.3) is 0 Å². The summed E-state index contributed by atoms with van der Waals surface area (Å²) in [5, 5.41) is 0. The van der Waals surface area contributed by atoms with E-state index < -0.39 is 11.7 Å². The van der Waals surface area contributed by atoms with Gasteiger partial charge in [-0.3, -0.25) is 0 Å². The zero-order valence-electron chi connectivity index (χ0n) is 12.0. The van der Waals surface area contributed by atoms with Crippen LogP contribution >= 0.6 is 0 Å². The third-order valence-corrected chi connectivity index (χ3v) is 3.26. The second kappa shape index (κ2) is 5.98. The molecule has 1 aromatic carbocycles. The number of benzene rings is 1. The van der Waals surface area contributed by atoms with E-state index >= 15 is 0 Å². The summed E-state index contributed by atoms with van der Waals surface area (Å²) in [6.45, 7) is 3.21. The molecule has 0 amide bonds. The highest BCUT2D eigenvalue weighted by Gasteiger charge is 2.40. The standard InChI is InChI=1S/C16H17NO4/c1-16(2)20-14(9-18)12(15(10-19)21-16)8-13(17)11-6-4-3-5-7-11/h3-7,12-13H,8,17H2,1-2H3. The highest BCUT2D eigenvalue weighted by Crippen LogP contribution is 2.38. The Morgan fingerprint density at radius 3 is 2.14 bits per heavy atom. The van der Waals surface area contributed by atoms with Gasteiger partial charge in [0.2, 0.25) is 5.79 Å². The van der Waals surface area contributed by atoms with Gasteiger partial charge in [-0.05, 0) is 12.0 Å². The van der Waals surface area contributed by atoms with E-state index in [0.29, 0.717) is 6.42 Å². The van der Waals surface area contributed by atoms with E-state index in [4.69, 9.17) is 15.2 Å². The predicted molar refractivity (Wildman–Crippen MR) is 76.1 cm³/mol. The number of hydrogen-bond donors (Lipinski definition) is 1. The van der Waals surface area contributed by atoms with Gasteiger partial charge in [0.25, 0.3) is 0 Å². The minimum Gasteiger partial charge on any atom is -0.445 e. The summed E-state index contributed by atoms with van der Waals surface area (Å²) in [7, 11) is 0. The Hall–Kier alpha value is -2.32. The molecule has 1 unspecified atom stereocenters. The molecule has 5 nitrogen and oxygen atoms in total. The molecule has 5 heteroatoms. The summed E-state index contributed by atoms with van der Waals surface area (Å²) in [6, 6.07) is 9.04. The predicted octanol–water partition coefficient (Wildman–Crippen LogP) is 1.91. The monoisotopic (exact) mass is 287 g/mol. The first-order chi connectivity index (χ1) is 9.96. The maximum absolute atomic E-state index is 11.1. The van der Waals surface area contributed by atoms with Crippen LogP contribution in [0.4, 0.5) is 0 Å². The maximum atomic E-state index is 11.1. The Kier molecular flexibility index (Phi) is 4.29. The van der Waals surface area contributed by atoms with E-state index in [0.717, 1.165) is 5.56 Å². The van der Waals surface area contributed by atoms with Gasteiger partial charge in [0.15, 0.2) is 23.4 Å². The molecule has 0 aliphatic carbocycles. The van der Waals surface area contributed by atoms with Crippen molar-refractivity contribution in [3.63, 3.8) is 0 Å². The number of nitrogens with two attached hydrogens (primary N) is 1. The normalized spacial score (nSPS) is 21.6. The molecule has 1 saturated heterocycles. The molecule has 0 spiro atoms. The smallest absolute Gasteiger partial charge is 0.247 e. The lowest BCUT2D eigenvalue weighted by Gasteiger charge is -2.37. The molecule has 0 radical (unpaired) electrons. The van der Waals surface area contributed by atoms with Crippen molar-refractivity contribution < 1.29 is 19.1 Å². The molecular weight excluding hydrogens is 270 g/mol. The van der Waals surface area contributed by atoms with Crippen molar-refractivity contribution in [1.82, 2.24) is 0 Å². The molecule has 0 saturated carbocycles. The quantitative estimate of drug-likeness (QED) is 0.859. The van der Waals surface area contributed by atoms with Gasteiger partial charge in [-0.25, -0.2) is 9.59 Å². The zero-order valence-corrected chi connectivity index (χ0v) is 12.0. The minimum atomic E-state index is -1.09. The van der Waals surface area contributed by atoms with Crippen LogP contribution < -0.4 is 5.73 Å². The van der Waals surface area contributed by atoms with Crippen molar-refractivity contribution in [2.75, 3.05) is 0 Å². The third kappa shape index (κ3) is 3.41. The minimum absolute atomic E-state index is 0.0241. The molecule has 2 rings (SSSR count). The molecular formula is C16H17NO4. The lowest BCUT2D eigenvalue weighted by Crippen LogP contribution is -2.38. The summed E-state index contributed by atoms with van der Waals surface area (Å²) in [5.74, 6) is 1.77. The number of carbonyl (C=O) groups excluding carboxylic acids is 2. The van der Waals surface area contributed by atoms with Gasteiger partial charge in [0, 0.05) is 19.9 Å². The van der Waals surface area contributed by atoms with Crippen molar-refractivity contribution in [1.29, 1.82) is 0 Å². The lowest BCUT2D eigenvalue weighted by molar-refractivity contribution is -0.198. The summed E-state index contributed by atoms with van der Waals surface area (Å²) in [4.78, 5) is 22.2. The number of rotatable bonds is 3. The van der Waals surface area contributed by atoms with Crippen LogP contribution in [0.5, 0.6) is 0 Å². The van der Waals surface area contributed by atoms with Crippen LogP contribution in [-0.2, 0) is 19.1 Å². The van der Waals surface area contributed by atoms with Gasteiger partial charge >= 0.3 is 0 Å². The molecule has 1 heterocycles. The van der Waals surface area contributed by atoms with Crippen molar-refractivity contribution in [2.24, 2.45) is 11.7 Å². The van der Waals surface area contributed by atoms with Crippen molar-refractivity contribution in [2.45, 2.75) is 32.1 Å². The average molecular weight is 287 g/mol. The van der Waals surface area contributed by atoms with E-state index in [9.17, 15) is 9.59 Å². The Morgan fingerprint density at radius 1 is 1.14 bits per heavy atom. The lowest BCUT2D eigenvalue weighted by atomic mass is 9.92. The Labute approximate surface area is 123 Å². The third-order valence-electron chi connectivity index (χ3n) is 3.26. The van der Waals surface area contributed by atoms with E-state index in [2.05, 4.69) is 0 Å². The summed E-state index contributed by atoms with van der Waals surface area (Å²) >= 11 is 0. The summed E-state index contributed by atoms with van der Waals surface area (Å²) < 4.78 is 10.8. The topological polar surface area (TPSA) is 78.6 Å². The van der Waals surface area contributed by atoms with Crippen molar-refractivity contribution in [3.8, 4) is 0 Å². The molecule has 1 atom stereocenters. The van der Waals surface area contributed by atoms with E-state index in [1.807, 2.05) is 30.3 Å². The van der Waals surface area contributed by atoms with Gasteiger partial charge < -0.3 is 15.2 Å². The molecule has 1 aromatic rings. The highest BCUT2D eigenvalue weighted by molar-refractivity contribution is 5.59. The second-order valence-electron chi connectivity index (χ2n) is 5.34. The molecule has 0 aromatic heterocycles. The summed E-state index contributed by atoms with van der Waals surface area (Å²) in [6.07, 6.45) is 0.301. The molecule has 1 fully saturated rings. The van der Waals surface area contributed by atoms with Crippen LogP contribution in [0.2, 0.25) is 0 Å². The fraction of sp³-hybridized carbons (Fsp3) is 0.375. The Bertz CT molecular complexity index is 580. The van der Waals surface area contributed by atoms with Crippen LogP contribution in [0.15, 0.2) is 41.9 Å². The zero-order chi connectivity index (χ0) is 15.5. The van der Waals surface area contributed by atoms with Crippen LogP contribution in [-0.4, -0.2) is 17.7 Å². The van der Waals surface area contributed by atoms with Crippen LogP contribution in [0.3, 0.4) is 0 Å². The SMILES string of the molecule is CC1(C)OC(=C=O)C(CC(N)c2ccccc2)C(=C=O)O1. The fourth-order valence-electron chi connectivity index (χ4n) is 2.30. The van der Waals surface area contributed by atoms with Crippen LogP contribution in [0.1, 0.15) is 31.9 Å². The van der Waals surface area contributed by atoms with E-state index in [-0.39, 0.29) is 17.6 Å². The highest BCUT2D eigenvalue weighted by atomic mass is 16.7. The van der Waals surface area contributed by atoms with Gasteiger partial charge in [0.1, 0.15) is 0 Å². The second-order valence-corrected chi connectivity index (χ2v) is 5.34. The van der Waals surface area contributed by atoms with Gasteiger partial charge in [-0.2, -0.15) is 0 Å². The molecule has 21 heavy (non-hydrogen) atoms. The first-order valence-electron chi connectivity index (χ1n) is 6.65. The Balaban J connectivity index is 2.25. The van der Waals surface area contributed by atoms with Crippen molar-refractivity contribution >= 4 is 11.9 Å². The Morgan fingerprint density at radius 2 is 1.67 bits per heavy atom. The average Bonchev–Trinajstić information content (AvgIpc) is 2.48. The van der Waals surface area contributed by atoms with Gasteiger partial charge in [-0.1, -0.05) is 30.3 Å². The first kappa shape index (κ1) is 15.1. The largest absolute Gasteiger partial charge is 0.445 e. The molecule has 110 valence electrons. The number of ether oxygens (including phenoxy) is 2. The molecule has 1 aliphatic heterocycles.